The summed E-state index contributed by atoms with van der Waals surface area (Å²) in [7, 11) is 0. The second kappa shape index (κ2) is 13.3. The van der Waals surface area contributed by atoms with Gasteiger partial charge in [0, 0.05) is 19.5 Å². The molecule has 0 bridgehead atoms. The number of carbonyl (C=O) groups is 2. The molecule has 0 fully saturated rings. The van der Waals surface area contributed by atoms with E-state index in [1.807, 2.05) is 61.5 Å². The molecule has 3 aromatic rings. The van der Waals surface area contributed by atoms with Crippen LogP contribution >= 0.6 is 0 Å². The first-order valence-electron chi connectivity index (χ1n) is 12.0. The van der Waals surface area contributed by atoms with Crippen molar-refractivity contribution in [3.05, 3.63) is 101 Å². The van der Waals surface area contributed by atoms with Gasteiger partial charge in [-0.3, -0.25) is 9.59 Å². The Hall–Kier alpha value is -3.67. The van der Waals surface area contributed by atoms with Crippen LogP contribution in [0.3, 0.4) is 0 Å². The van der Waals surface area contributed by atoms with Gasteiger partial charge in [0.1, 0.15) is 17.6 Å². The molecule has 0 saturated carbocycles. The van der Waals surface area contributed by atoms with Crippen LogP contribution in [0.4, 0.5) is 4.39 Å². The Morgan fingerprint density at radius 3 is 2.37 bits per heavy atom. The normalized spacial score (nSPS) is 11.5. The Morgan fingerprint density at radius 2 is 1.69 bits per heavy atom. The summed E-state index contributed by atoms with van der Waals surface area (Å²) in [6, 6.07) is 22.4. The number of aryl methyl sites for hydroxylation is 1. The van der Waals surface area contributed by atoms with E-state index >= 15 is 0 Å². The van der Waals surface area contributed by atoms with Crippen molar-refractivity contribution >= 4 is 11.8 Å². The Kier molecular flexibility index (Phi) is 9.84. The molecule has 0 saturated heterocycles. The topological polar surface area (TPSA) is 58.6 Å². The molecule has 2 amide bonds. The highest BCUT2D eigenvalue weighted by molar-refractivity contribution is 5.88. The van der Waals surface area contributed by atoms with Gasteiger partial charge in [0.25, 0.3) is 5.91 Å². The minimum atomic E-state index is -0.709. The maximum Gasteiger partial charge on any atom is 0.261 e. The summed E-state index contributed by atoms with van der Waals surface area (Å²) in [5.41, 5.74) is 2.97. The molecule has 0 radical (unpaired) electrons. The number of nitrogens with one attached hydrogen (secondary N) is 1. The lowest BCUT2D eigenvalue weighted by atomic mass is 10.0. The van der Waals surface area contributed by atoms with Crippen molar-refractivity contribution in [1.82, 2.24) is 10.2 Å². The Morgan fingerprint density at radius 1 is 0.971 bits per heavy atom. The van der Waals surface area contributed by atoms with Gasteiger partial charge in [-0.25, -0.2) is 4.39 Å². The second-order valence-corrected chi connectivity index (χ2v) is 8.60. The van der Waals surface area contributed by atoms with E-state index in [9.17, 15) is 14.0 Å². The first-order valence-corrected chi connectivity index (χ1v) is 12.0. The van der Waals surface area contributed by atoms with E-state index in [0.717, 1.165) is 29.5 Å². The highest BCUT2D eigenvalue weighted by atomic mass is 19.1. The van der Waals surface area contributed by atoms with Gasteiger partial charge >= 0.3 is 0 Å². The predicted octanol–water partition coefficient (Wildman–Crippen LogP) is 5.07. The highest BCUT2D eigenvalue weighted by Gasteiger charge is 2.30. The summed E-state index contributed by atoms with van der Waals surface area (Å²) >= 11 is 0. The van der Waals surface area contributed by atoms with Crippen LogP contribution in [-0.2, 0) is 22.6 Å². The highest BCUT2D eigenvalue weighted by Crippen LogP contribution is 2.17. The van der Waals surface area contributed by atoms with Crippen LogP contribution in [-0.4, -0.2) is 35.9 Å². The first-order chi connectivity index (χ1) is 17.0. The maximum atomic E-state index is 13.5. The van der Waals surface area contributed by atoms with Gasteiger partial charge in [-0.1, -0.05) is 73.5 Å². The van der Waals surface area contributed by atoms with Crippen molar-refractivity contribution in [3.8, 4) is 5.75 Å². The third-order valence-corrected chi connectivity index (χ3v) is 5.71. The molecule has 3 aromatic carbocycles. The number of nitrogens with zero attached hydrogens (tertiary/aromatic N) is 1. The lowest BCUT2D eigenvalue weighted by molar-refractivity contribution is -0.142. The van der Waals surface area contributed by atoms with Gasteiger partial charge in [0.15, 0.2) is 6.61 Å². The number of halogens is 1. The maximum absolute atomic E-state index is 13.5. The van der Waals surface area contributed by atoms with E-state index in [4.69, 9.17) is 4.74 Å². The minimum Gasteiger partial charge on any atom is -0.484 e. The molecule has 0 aliphatic heterocycles. The molecule has 1 unspecified atom stereocenters. The summed E-state index contributed by atoms with van der Waals surface area (Å²) in [5, 5.41) is 3.00. The van der Waals surface area contributed by atoms with Crippen LogP contribution in [0.15, 0.2) is 78.9 Å². The van der Waals surface area contributed by atoms with Crippen LogP contribution in [0.25, 0.3) is 0 Å². The van der Waals surface area contributed by atoms with Crippen molar-refractivity contribution in [2.24, 2.45) is 0 Å². The lowest BCUT2D eigenvalue weighted by Crippen LogP contribution is -2.51. The number of benzene rings is 3. The number of hydrogen-bond donors (Lipinski definition) is 1. The largest absolute Gasteiger partial charge is 0.484 e. The van der Waals surface area contributed by atoms with E-state index in [2.05, 4.69) is 12.2 Å². The molecule has 35 heavy (non-hydrogen) atoms. The fourth-order valence-corrected chi connectivity index (χ4v) is 3.83. The standard InChI is InChI=1S/C29H33FN2O3/c1-3-4-17-31-29(34)27(19-23-10-6-5-7-11-23)32(20-24-12-8-9-22(2)18-24)28(33)21-35-26-15-13-25(30)14-16-26/h5-16,18,27H,3-4,17,19-21H2,1-2H3,(H,31,34). The average molecular weight is 477 g/mol. The van der Waals surface area contributed by atoms with Crippen LogP contribution < -0.4 is 10.1 Å². The number of unbranched alkanes of at least 4 members (excludes halogenated alkanes) is 1. The third kappa shape index (κ3) is 8.25. The number of hydrogen-bond acceptors (Lipinski definition) is 3. The average Bonchev–Trinajstić information content (AvgIpc) is 2.86. The van der Waals surface area contributed by atoms with E-state index in [1.54, 1.807) is 4.90 Å². The molecule has 0 spiro atoms. The number of amides is 2. The van der Waals surface area contributed by atoms with E-state index in [1.165, 1.54) is 24.3 Å². The van der Waals surface area contributed by atoms with Crippen molar-refractivity contribution in [2.45, 2.75) is 45.7 Å². The minimum absolute atomic E-state index is 0.190. The van der Waals surface area contributed by atoms with Gasteiger partial charge in [-0.2, -0.15) is 0 Å². The van der Waals surface area contributed by atoms with E-state index in [-0.39, 0.29) is 30.8 Å². The summed E-state index contributed by atoms with van der Waals surface area (Å²) < 4.78 is 18.9. The van der Waals surface area contributed by atoms with Crippen LogP contribution in [0.2, 0.25) is 0 Å². The molecule has 6 heteroatoms. The molecule has 1 atom stereocenters. The molecule has 0 heterocycles. The van der Waals surface area contributed by atoms with Crippen LogP contribution in [0.5, 0.6) is 5.75 Å². The zero-order valence-corrected chi connectivity index (χ0v) is 20.4. The summed E-state index contributed by atoms with van der Waals surface area (Å²) in [6.45, 7) is 4.62. The van der Waals surface area contributed by atoms with Gasteiger partial charge in [-0.15, -0.1) is 0 Å². The molecule has 0 aliphatic rings. The molecule has 0 aliphatic carbocycles. The van der Waals surface area contributed by atoms with Gasteiger partial charge in [0.05, 0.1) is 0 Å². The quantitative estimate of drug-likeness (QED) is 0.372. The van der Waals surface area contributed by atoms with E-state index in [0.29, 0.717) is 18.7 Å². The molecule has 1 N–H and O–H groups in total. The SMILES string of the molecule is CCCCNC(=O)C(Cc1ccccc1)N(Cc1cccc(C)c1)C(=O)COc1ccc(F)cc1. The van der Waals surface area contributed by atoms with Crippen LogP contribution in [0.1, 0.15) is 36.5 Å². The summed E-state index contributed by atoms with van der Waals surface area (Å²) in [5.74, 6) is -0.494. The second-order valence-electron chi connectivity index (χ2n) is 8.60. The van der Waals surface area contributed by atoms with E-state index < -0.39 is 6.04 Å². The zero-order valence-electron chi connectivity index (χ0n) is 20.4. The van der Waals surface area contributed by atoms with Crippen molar-refractivity contribution in [1.29, 1.82) is 0 Å². The summed E-state index contributed by atoms with van der Waals surface area (Å²) in [4.78, 5) is 28.4. The van der Waals surface area contributed by atoms with Crippen LogP contribution in [0, 0.1) is 12.7 Å². The van der Waals surface area contributed by atoms with Gasteiger partial charge in [-0.05, 0) is 48.7 Å². The molecule has 3 rings (SSSR count). The van der Waals surface area contributed by atoms with Crippen molar-refractivity contribution in [3.63, 3.8) is 0 Å². The number of ether oxygens (including phenoxy) is 1. The monoisotopic (exact) mass is 476 g/mol. The Balaban J connectivity index is 1.87. The number of carbonyl (C=O) groups excluding carboxylic acids is 2. The smallest absolute Gasteiger partial charge is 0.261 e. The van der Waals surface area contributed by atoms with Gasteiger partial charge in [0.2, 0.25) is 5.91 Å². The fourth-order valence-electron chi connectivity index (χ4n) is 3.83. The first kappa shape index (κ1) is 25.9. The van der Waals surface area contributed by atoms with Gasteiger partial charge < -0.3 is 15.0 Å². The Labute approximate surface area is 206 Å². The summed E-state index contributed by atoms with van der Waals surface area (Å²) in [6.07, 6.45) is 2.21. The molecule has 184 valence electrons. The van der Waals surface area contributed by atoms with Crippen molar-refractivity contribution in [2.75, 3.05) is 13.2 Å². The predicted molar refractivity (Wildman–Crippen MR) is 135 cm³/mol. The zero-order chi connectivity index (χ0) is 25.0. The molecule has 5 nitrogen and oxygen atoms in total. The molecule has 0 aromatic heterocycles. The lowest BCUT2D eigenvalue weighted by Gasteiger charge is -2.31. The number of rotatable bonds is 12. The third-order valence-electron chi connectivity index (χ3n) is 5.71. The van der Waals surface area contributed by atoms with Crippen molar-refractivity contribution < 1.29 is 18.7 Å². The fraction of sp³-hybridized carbons (Fsp3) is 0.310. The molecular weight excluding hydrogens is 443 g/mol. The molecular formula is C29H33FN2O3. The Bertz CT molecular complexity index is 1090.